The standard InChI is InChI=1S/C10H9F3O2/c11-10(12,13)4-6-5-15-9-2-1-7(14)3-8(6)9/h1-3,6,14H,4-5H2. The van der Waals surface area contributed by atoms with Crippen molar-refractivity contribution in [3.63, 3.8) is 0 Å². The van der Waals surface area contributed by atoms with E-state index < -0.39 is 18.5 Å². The Morgan fingerprint density at radius 1 is 1.40 bits per heavy atom. The van der Waals surface area contributed by atoms with Crippen LogP contribution < -0.4 is 4.74 Å². The van der Waals surface area contributed by atoms with Gasteiger partial charge in [0.2, 0.25) is 0 Å². The molecule has 0 spiro atoms. The van der Waals surface area contributed by atoms with Crippen LogP contribution in [0.15, 0.2) is 18.2 Å². The molecule has 0 saturated heterocycles. The third-order valence-corrected chi connectivity index (χ3v) is 2.35. The van der Waals surface area contributed by atoms with Gasteiger partial charge in [-0.25, -0.2) is 0 Å². The van der Waals surface area contributed by atoms with Crippen molar-refractivity contribution >= 4 is 0 Å². The first-order valence-electron chi connectivity index (χ1n) is 4.48. The van der Waals surface area contributed by atoms with Crippen LogP contribution >= 0.6 is 0 Å². The molecule has 1 unspecified atom stereocenters. The Kier molecular flexibility index (Phi) is 2.25. The predicted octanol–water partition coefficient (Wildman–Crippen LogP) is 2.82. The SMILES string of the molecule is Oc1ccc2c(c1)C(CC(F)(F)F)CO2. The van der Waals surface area contributed by atoms with E-state index in [0.29, 0.717) is 11.3 Å². The summed E-state index contributed by atoms with van der Waals surface area (Å²) in [7, 11) is 0. The molecule has 0 aliphatic carbocycles. The Bertz CT molecular complexity index is 373. The number of hydrogen-bond donors (Lipinski definition) is 1. The molecule has 1 aliphatic heterocycles. The fourth-order valence-corrected chi connectivity index (χ4v) is 1.71. The van der Waals surface area contributed by atoms with Crippen molar-refractivity contribution < 1.29 is 23.0 Å². The molecular formula is C10H9F3O2. The Balaban J connectivity index is 2.24. The van der Waals surface area contributed by atoms with E-state index in [-0.39, 0.29) is 12.4 Å². The minimum Gasteiger partial charge on any atom is -0.508 e. The van der Waals surface area contributed by atoms with Gasteiger partial charge in [0.25, 0.3) is 0 Å². The highest BCUT2D eigenvalue weighted by Gasteiger charge is 2.36. The first kappa shape index (κ1) is 10.1. The zero-order valence-corrected chi connectivity index (χ0v) is 7.71. The fraction of sp³-hybridized carbons (Fsp3) is 0.400. The lowest BCUT2D eigenvalue weighted by Gasteiger charge is -2.11. The molecule has 15 heavy (non-hydrogen) atoms. The van der Waals surface area contributed by atoms with E-state index in [1.807, 2.05) is 0 Å². The summed E-state index contributed by atoms with van der Waals surface area (Å²) in [5.41, 5.74) is 0.437. The molecule has 1 N–H and O–H groups in total. The highest BCUT2D eigenvalue weighted by molar-refractivity contribution is 5.44. The second-order valence-corrected chi connectivity index (χ2v) is 3.55. The smallest absolute Gasteiger partial charge is 0.389 e. The number of halogens is 3. The minimum absolute atomic E-state index is 0.0261. The van der Waals surface area contributed by atoms with E-state index in [1.54, 1.807) is 0 Å². The summed E-state index contributed by atoms with van der Waals surface area (Å²) in [5, 5.41) is 9.18. The second-order valence-electron chi connectivity index (χ2n) is 3.55. The van der Waals surface area contributed by atoms with Gasteiger partial charge < -0.3 is 9.84 Å². The summed E-state index contributed by atoms with van der Waals surface area (Å²) in [6.07, 6.45) is -5.12. The van der Waals surface area contributed by atoms with Crippen LogP contribution in [-0.4, -0.2) is 17.9 Å². The van der Waals surface area contributed by atoms with Crippen LogP contribution in [0.3, 0.4) is 0 Å². The van der Waals surface area contributed by atoms with Gasteiger partial charge in [0, 0.05) is 11.5 Å². The van der Waals surface area contributed by atoms with Crippen LogP contribution in [0, 0.1) is 0 Å². The summed E-state index contributed by atoms with van der Waals surface area (Å²) < 4.78 is 41.7. The third kappa shape index (κ3) is 2.16. The van der Waals surface area contributed by atoms with Crippen LogP contribution in [0.25, 0.3) is 0 Å². The van der Waals surface area contributed by atoms with Gasteiger partial charge in [-0.05, 0) is 18.2 Å². The summed E-state index contributed by atoms with van der Waals surface area (Å²) in [6.45, 7) is 0.0261. The molecule has 5 heteroatoms. The summed E-state index contributed by atoms with van der Waals surface area (Å²) in [5.74, 6) is -0.305. The molecule has 1 aromatic rings. The number of phenolic OH excluding ortho intramolecular Hbond substituents is 1. The Labute approximate surface area is 84.3 Å². The number of benzene rings is 1. The molecule has 0 fully saturated rings. The van der Waals surface area contributed by atoms with Crippen LogP contribution in [0.4, 0.5) is 13.2 Å². The van der Waals surface area contributed by atoms with E-state index in [4.69, 9.17) is 4.74 Å². The molecule has 1 aliphatic rings. The van der Waals surface area contributed by atoms with Crippen molar-refractivity contribution in [2.24, 2.45) is 0 Å². The lowest BCUT2D eigenvalue weighted by atomic mass is 9.97. The Hall–Kier alpha value is -1.39. The number of hydrogen-bond acceptors (Lipinski definition) is 2. The summed E-state index contributed by atoms with van der Waals surface area (Å²) >= 11 is 0. The molecule has 0 radical (unpaired) electrons. The highest BCUT2D eigenvalue weighted by Crippen LogP contribution is 2.41. The normalized spacial score (nSPS) is 19.8. The van der Waals surface area contributed by atoms with Crippen molar-refractivity contribution in [1.29, 1.82) is 0 Å². The molecule has 2 nitrogen and oxygen atoms in total. The number of fused-ring (bicyclic) bond motifs is 1. The van der Waals surface area contributed by atoms with Gasteiger partial charge in [0.1, 0.15) is 11.5 Å². The van der Waals surface area contributed by atoms with Crippen molar-refractivity contribution in [2.75, 3.05) is 6.61 Å². The van der Waals surface area contributed by atoms with Gasteiger partial charge in [0.05, 0.1) is 13.0 Å². The maximum absolute atomic E-state index is 12.2. The highest BCUT2D eigenvalue weighted by atomic mass is 19.4. The number of rotatable bonds is 1. The maximum Gasteiger partial charge on any atom is 0.389 e. The molecular weight excluding hydrogens is 209 g/mol. The van der Waals surface area contributed by atoms with Gasteiger partial charge in [0.15, 0.2) is 0 Å². The first-order chi connectivity index (χ1) is 6.96. The number of ether oxygens (including phenoxy) is 1. The van der Waals surface area contributed by atoms with E-state index >= 15 is 0 Å². The van der Waals surface area contributed by atoms with Crippen LogP contribution in [0.2, 0.25) is 0 Å². The molecule has 0 aromatic heterocycles. The fourth-order valence-electron chi connectivity index (χ4n) is 1.71. The average molecular weight is 218 g/mol. The van der Waals surface area contributed by atoms with Crippen LogP contribution in [-0.2, 0) is 0 Å². The molecule has 0 bridgehead atoms. The Morgan fingerprint density at radius 2 is 2.13 bits per heavy atom. The van der Waals surface area contributed by atoms with Crippen molar-refractivity contribution in [3.05, 3.63) is 23.8 Å². The average Bonchev–Trinajstić information content (AvgIpc) is 2.46. The molecule has 1 heterocycles. The minimum atomic E-state index is -4.21. The monoisotopic (exact) mass is 218 g/mol. The largest absolute Gasteiger partial charge is 0.508 e. The third-order valence-electron chi connectivity index (χ3n) is 2.35. The van der Waals surface area contributed by atoms with Crippen molar-refractivity contribution in [1.82, 2.24) is 0 Å². The van der Waals surface area contributed by atoms with Gasteiger partial charge in [-0.15, -0.1) is 0 Å². The van der Waals surface area contributed by atoms with Gasteiger partial charge >= 0.3 is 6.18 Å². The van der Waals surface area contributed by atoms with E-state index in [0.717, 1.165) is 0 Å². The molecule has 1 atom stereocenters. The second kappa shape index (κ2) is 3.32. The molecule has 82 valence electrons. The quantitative estimate of drug-likeness (QED) is 0.785. The van der Waals surface area contributed by atoms with Gasteiger partial charge in [-0.2, -0.15) is 13.2 Å². The number of alkyl halides is 3. The lowest BCUT2D eigenvalue weighted by molar-refractivity contribution is -0.139. The zero-order valence-electron chi connectivity index (χ0n) is 7.71. The van der Waals surface area contributed by atoms with Crippen LogP contribution in [0.5, 0.6) is 11.5 Å². The molecule has 1 aromatic carbocycles. The topological polar surface area (TPSA) is 29.5 Å². The molecule has 2 rings (SSSR count). The van der Waals surface area contributed by atoms with Crippen LogP contribution in [0.1, 0.15) is 17.9 Å². The molecule has 0 amide bonds. The van der Waals surface area contributed by atoms with Gasteiger partial charge in [-0.1, -0.05) is 0 Å². The summed E-state index contributed by atoms with van der Waals surface area (Å²) in [4.78, 5) is 0. The lowest BCUT2D eigenvalue weighted by Crippen LogP contribution is -2.14. The van der Waals surface area contributed by atoms with Crippen molar-refractivity contribution in [2.45, 2.75) is 18.5 Å². The Morgan fingerprint density at radius 3 is 2.80 bits per heavy atom. The maximum atomic E-state index is 12.2. The van der Waals surface area contributed by atoms with Crippen molar-refractivity contribution in [3.8, 4) is 11.5 Å². The predicted molar refractivity (Wildman–Crippen MR) is 47.0 cm³/mol. The zero-order chi connectivity index (χ0) is 11.1. The van der Waals surface area contributed by atoms with E-state index in [2.05, 4.69) is 0 Å². The molecule has 0 saturated carbocycles. The van der Waals surface area contributed by atoms with E-state index in [9.17, 15) is 18.3 Å². The van der Waals surface area contributed by atoms with E-state index in [1.165, 1.54) is 18.2 Å². The number of phenols is 1. The van der Waals surface area contributed by atoms with Gasteiger partial charge in [-0.3, -0.25) is 0 Å². The summed E-state index contributed by atoms with van der Waals surface area (Å²) in [6, 6.07) is 4.22. The number of aromatic hydroxyl groups is 1. The first-order valence-corrected chi connectivity index (χ1v) is 4.48.